The van der Waals surface area contributed by atoms with Gasteiger partial charge in [0.05, 0.1) is 21.3 Å². The summed E-state index contributed by atoms with van der Waals surface area (Å²) in [7, 11) is 7.26. The number of likely N-dealkylation sites (N-methyl/N-ethyl adjacent to an activating group) is 1. The first-order valence-electron chi connectivity index (χ1n) is 10.2. The summed E-state index contributed by atoms with van der Waals surface area (Å²) in [5, 5.41) is 0. The number of aromatic nitrogens is 1. The summed E-state index contributed by atoms with van der Waals surface area (Å²) in [6, 6.07) is 15.1. The minimum atomic E-state index is 0.298. The highest BCUT2D eigenvalue weighted by Gasteiger charge is 2.27. The van der Waals surface area contributed by atoms with E-state index in [4.69, 9.17) is 14.2 Å². The van der Waals surface area contributed by atoms with E-state index in [0.29, 0.717) is 6.04 Å². The molecule has 5 heteroatoms. The van der Waals surface area contributed by atoms with Gasteiger partial charge in [-0.05, 0) is 60.3 Å². The van der Waals surface area contributed by atoms with E-state index < -0.39 is 0 Å². The molecule has 0 aliphatic carbocycles. The summed E-state index contributed by atoms with van der Waals surface area (Å²) in [6.45, 7) is 1.03. The predicted octanol–water partition coefficient (Wildman–Crippen LogP) is 4.55. The van der Waals surface area contributed by atoms with E-state index in [-0.39, 0.29) is 0 Å². The van der Waals surface area contributed by atoms with Crippen molar-refractivity contribution in [1.82, 2.24) is 9.88 Å². The van der Waals surface area contributed by atoms with Gasteiger partial charge in [-0.2, -0.15) is 0 Å². The smallest absolute Gasteiger partial charge is 0.161 e. The van der Waals surface area contributed by atoms with E-state index in [9.17, 15) is 0 Å². The van der Waals surface area contributed by atoms with Gasteiger partial charge in [0.2, 0.25) is 0 Å². The van der Waals surface area contributed by atoms with Crippen molar-refractivity contribution in [2.45, 2.75) is 18.9 Å². The van der Waals surface area contributed by atoms with Crippen molar-refractivity contribution in [2.75, 3.05) is 34.9 Å². The summed E-state index contributed by atoms with van der Waals surface area (Å²) in [5.41, 5.74) is 6.06. The fourth-order valence-electron chi connectivity index (χ4n) is 4.24. The molecule has 1 aromatic heterocycles. The third-order valence-electron chi connectivity index (χ3n) is 5.97. The van der Waals surface area contributed by atoms with Crippen LogP contribution in [-0.2, 0) is 12.8 Å². The Morgan fingerprint density at radius 1 is 0.933 bits per heavy atom. The minimum Gasteiger partial charge on any atom is -0.496 e. The fraction of sp³-hybridized carbons (Fsp3) is 0.320. The fourth-order valence-corrected chi connectivity index (χ4v) is 4.24. The van der Waals surface area contributed by atoms with Crippen LogP contribution in [0.4, 0.5) is 0 Å². The maximum atomic E-state index is 5.56. The zero-order valence-electron chi connectivity index (χ0n) is 18.0. The molecule has 1 aliphatic rings. The number of benzene rings is 2. The van der Waals surface area contributed by atoms with Crippen LogP contribution in [0.2, 0.25) is 0 Å². The number of ether oxygens (including phenoxy) is 3. The van der Waals surface area contributed by atoms with Crippen LogP contribution in [0.1, 0.15) is 22.7 Å². The maximum Gasteiger partial charge on any atom is 0.161 e. The van der Waals surface area contributed by atoms with E-state index in [1.807, 2.05) is 12.3 Å². The molecule has 0 N–H and O–H groups in total. The second-order valence-electron chi connectivity index (χ2n) is 7.63. The molecule has 5 nitrogen and oxygen atoms in total. The molecule has 1 atom stereocenters. The predicted molar refractivity (Wildman–Crippen MR) is 119 cm³/mol. The van der Waals surface area contributed by atoms with Crippen LogP contribution in [-0.4, -0.2) is 44.8 Å². The second kappa shape index (κ2) is 8.76. The highest BCUT2D eigenvalue weighted by Crippen LogP contribution is 2.39. The lowest BCUT2D eigenvalue weighted by molar-refractivity contribution is 0.228. The first kappa shape index (κ1) is 20.2. The number of hydrogen-bond acceptors (Lipinski definition) is 5. The van der Waals surface area contributed by atoms with Crippen molar-refractivity contribution >= 4 is 0 Å². The van der Waals surface area contributed by atoms with Crippen molar-refractivity contribution in [2.24, 2.45) is 0 Å². The molecule has 0 saturated heterocycles. The average molecular weight is 405 g/mol. The Morgan fingerprint density at radius 2 is 1.63 bits per heavy atom. The van der Waals surface area contributed by atoms with Crippen LogP contribution in [0, 0.1) is 0 Å². The van der Waals surface area contributed by atoms with Crippen molar-refractivity contribution in [3.63, 3.8) is 0 Å². The SMILES string of the molecule is COc1cc2c(cc1OC)C(Cc1ccc(-c3cnccc3OC)cc1)N(C)CC2. The van der Waals surface area contributed by atoms with Crippen LogP contribution in [0.15, 0.2) is 54.9 Å². The van der Waals surface area contributed by atoms with Crippen molar-refractivity contribution < 1.29 is 14.2 Å². The molecule has 2 heterocycles. The molecule has 3 aromatic rings. The Kier molecular flexibility index (Phi) is 5.91. The maximum absolute atomic E-state index is 5.56. The molecule has 0 fully saturated rings. The molecule has 1 unspecified atom stereocenters. The third kappa shape index (κ3) is 3.85. The highest BCUT2D eigenvalue weighted by atomic mass is 16.5. The Balaban J connectivity index is 1.62. The number of methoxy groups -OCH3 is 3. The van der Waals surface area contributed by atoms with Crippen molar-refractivity contribution in [3.05, 3.63) is 71.5 Å². The van der Waals surface area contributed by atoms with E-state index in [2.05, 4.69) is 53.3 Å². The standard InChI is InChI=1S/C25H28N2O3/c1-27-12-10-19-14-24(29-3)25(30-4)15-20(19)22(27)13-17-5-7-18(8-6-17)21-16-26-11-9-23(21)28-2/h5-9,11,14-16,22H,10,12-13H2,1-4H3. The molecule has 2 aromatic carbocycles. The van der Waals surface area contributed by atoms with Gasteiger partial charge in [0.25, 0.3) is 0 Å². The molecule has 156 valence electrons. The van der Waals surface area contributed by atoms with E-state index in [0.717, 1.165) is 47.8 Å². The third-order valence-corrected chi connectivity index (χ3v) is 5.97. The van der Waals surface area contributed by atoms with Gasteiger partial charge < -0.3 is 14.2 Å². The summed E-state index contributed by atoms with van der Waals surface area (Å²) in [4.78, 5) is 6.67. The van der Waals surface area contributed by atoms with Gasteiger partial charge in [0.1, 0.15) is 5.75 Å². The summed E-state index contributed by atoms with van der Waals surface area (Å²) >= 11 is 0. The lowest BCUT2D eigenvalue weighted by Gasteiger charge is -2.35. The average Bonchev–Trinajstić information content (AvgIpc) is 2.80. The van der Waals surface area contributed by atoms with Crippen molar-refractivity contribution in [3.8, 4) is 28.4 Å². The number of rotatable bonds is 6. The van der Waals surface area contributed by atoms with E-state index in [1.54, 1.807) is 27.5 Å². The van der Waals surface area contributed by atoms with Gasteiger partial charge >= 0.3 is 0 Å². The number of hydrogen-bond donors (Lipinski definition) is 0. The Hall–Kier alpha value is -3.05. The van der Waals surface area contributed by atoms with Crippen LogP contribution in [0.5, 0.6) is 17.2 Å². The molecule has 0 bridgehead atoms. The molecular formula is C25H28N2O3. The van der Waals surface area contributed by atoms with Gasteiger partial charge in [-0.1, -0.05) is 24.3 Å². The van der Waals surface area contributed by atoms with E-state index in [1.165, 1.54) is 16.7 Å². The zero-order valence-corrected chi connectivity index (χ0v) is 18.0. The highest BCUT2D eigenvalue weighted by molar-refractivity contribution is 5.69. The van der Waals surface area contributed by atoms with E-state index >= 15 is 0 Å². The van der Waals surface area contributed by atoms with Gasteiger partial charge in [-0.3, -0.25) is 9.88 Å². The molecule has 0 spiro atoms. The van der Waals surface area contributed by atoms with Gasteiger partial charge in [-0.15, -0.1) is 0 Å². The summed E-state index contributed by atoms with van der Waals surface area (Å²) < 4.78 is 16.5. The summed E-state index contributed by atoms with van der Waals surface area (Å²) in [5.74, 6) is 2.42. The van der Waals surface area contributed by atoms with Crippen LogP contribution in [0.25, 0.3) is 11.1 Å². The molecule has 0 amide bonds. The topological polar surface area (TPSA) is 43.8 Å². The first-order chi connectivity index (χ1) is 14.6. The molecular weight excluding hydrogens is 376 g/mol. The zero-order chi connectivity index (χ0) is 21.1. The number of pyridine rings is 1. The lowest BCUT2D eigenvalue weighted by Crippen LogP contribution is -2.33. The number of fused-ring (bicyclic) bond motifs is 1. The minimum absolute atomic E-state index is 0.298. The second-order valence-corrected chi connectivity index (χ2v) is 7.63. The van der Waals surface area contributed by atoms with Gasteiger partial charge in [-0.25, -0.2) is 0 Å². The van der Waals surface area contributed by atoms with Gasteiger partial charge in [0.15, 0.2) is 11.5 Å². The quantitative estimate of drug-likeness (QED) is 0.603. The Labute approximate surface area is 178 Å². The Morgan fingerprint density at radius 3 is 2.33 bits per heavy atom. The molecule has 4 rings (SSSR count). The molecule has 0 saturated carbocycles. The number of nitrogens with zero attached hydrogens (tertiary/aromatic N) is 2. The molecule has 1 aliphatic heterocycles. The normalized spacial score (nSPS) is 16.1. The first-order valence-corrected chi connectivity index (χ1v) is 10.2. The van der Waals surface area contributed by atoms with Crippen molar-refractivity contribution in [1.29, 1.82) is 0 Å². The van der Waals surface area contributed by atoms with Crippen LogP contribution in [0.3, 0.4) is 0 Å². The molecule has 0 radical (unpaired) electrons. The lowest BCUT2D eigenvalue weighted by atomic mass is 9.88. The monoisotopic (exact) mass is 404 g/mol. The summed E-state index contributed by atoms with van der Waals surface area (Å²) in [6.07, 6.45) is 5.54. The molecule has 30 heavy (non-hydrogen) atoms. The van der Waals surface area contributed by atoms with Crippen LogP contribution < -0.4 is 14.2 Å². The largest absolute Gasteiger partial charge is 0.496 e. The Bertz CT molecular complexity index is 1020. The van der Waals surface area contributed by atoms with Gasteiger partial charge in [0, 0.05) is 30.5 Å². The van der Waals surface area contributed by atoms with Crippen LogP contribution >= 0.6 is 0 Å².